The van der Waals surface area contributed by atoms with E-state index in [9.17, 15) is 9.59 Å². The van der Waals surface area contributed by atoms with Crippen LogP contribution in [0.15, 0.2) is 53.4 Å². The number of amides is 2. The second-order valence-corrected chi connectivity index (χ2v) is 8.41. The van der Waals surface area contributed by atoms with E-state index in [2.05, 4.69) is 10.6 Å². The highest BCUT2D eigenvalue weighted by Crippen LogP contribution is 2.38. The Morgan fingerprint density at radius 3 is 2.70 bits per heavy atom. The van der Waals surface area contributed by atoms with Crippen molar-refractivity contribution in [1.82, 2.24) is 10.2 Å². The molecule has 0 bridgehead atoms. The van der Waals surface area contributed by atoms with Gasteiger partial charge in [0, 0.05) is 22.9 Å². The lowest BCUT2D eigenvalue weighted by Gasteiger charge is -2.26. The molecule has 2 N–H and O–H groups in total. The molecule has 2 unspecified atom stereocenters. The molecule has 0 aliphatic carbocycles. The SMILES string of the molecule is CN(C)CC(NC(=O)CC1Sc2ccc(Cl)cc2NC1=O)c1ccccc1. The molecule has 0 radical (unpaired) electrons. The number of nitrogens with one attached hydrogen (secondary N) is 2. The summed E-state index contributed by atoms with van der Waals surface area (Å²) in [7, 11) is 3.93. The molecular formula is C20H22ClN3O2S. The highest BCUT2D eigenvalue weighted by atomic mass is 35.5. The summed E-state index contributed by atoms with van der Waals surface area (Å²) in [5, 5.41) is 6.02. The van der Waals surface area contributed by atoms with Gasteiger partial charge < -0.3 is 15.5 Å². The second kappa shape index (κ2) is 8.78. The lowest BCUT2D eigenvalue weighted by Crippen LogP contribution is -2.39. The number of anilines is 1. The zero-order valence-corrected chi connectivity index (χ0v) is 16.8. The molecule has 2 aromatic rings. The Hall–Kier alpha value is -2.02. The number of carbonyl (C=O) groups is 2. The molecule has 7 heteroatoms. The summed E-state index contributed by atoms with van der Waals surface area (Å²) in [5.74, 6) is -0.315. The number of hydrogen-bond donors (Lipinski definition) is 2. The first-order chi connectivity index (χ1) is 12.9. The van der Waals surface area contributed by atoms with Crippen molar-refractivity contribution >= 4 is 40.9 Å². The van der Waals surface area contributed by atoms with Crippen molar-refractivity contribution in [1.29, 1.82) is 0 Å². The van der Waals surface area contributed by atoms with Crippen LogP contribution in [0.4, 0.5) is 5.69 Å². The van der Waals surface area contributed by atoms with Crippen molar-refractivity contribution in [2.75, 3.05) is 26.0 Å². The molecule has 0 fully saturated rings. The summed E-state index contributed by atoms with van der Waals surface area (Å²) in [6, 6.07) is 15.1. The fraction of sp³-hybridized carbons (Fsp3) is 0.300. The van der Waals surface area contributed by atoms with Gasteiger partial charge in [0.2, 0.25) is 11.8 Å². The van der Waals surface area contributed by atoms with E-state index >= 15 is 0 Å². The van der Waals surface area contributed by atoms with Crippen LogP contribution in [0.2, 0.25) is 5.02 Å². The van der Waals surface area contributed by atoms with Gasteiger partial charge in [-0.3, -0.25) is 9.59 Å². The Labute approximate surface area is 168 Å². The minimum atomic E-state index is -0.463. The molecule has 0 spiro atoms. The zero-order chi connectivity index (χ0) is 19.4. The van der Waals surface area contributed by atoms with Gasteiger partial charge in [-0.15, -0.1) is 11.8 Å². The van der Waals surface area contributed by atoms with E-state index < -0.39 is 5.25 Å². The van der Waals surface area contributed by atoms with Crippen LogP contribution in [-0.4, -0.2) is 42.6 Å². The molecule has 2 amide bonds. The largest absolute Gasteiger partial charge is 0.348 e. The van der Waals surface area contributed by atoms with E-state index in [1.54, 1.807) is 12.1 Å². The molecule has 0 saturated heterocycles. The topological polar surface area (TPSA) is 61.4 Å². The maximum Gasteiger partial charge on any atom is 0.238 e. The van der Waals surface area contributed by atoms with Crippen molar-refractivity contribution in [3.8, 4) is 0 Å². The lowest BCUT2D eigenvalue weighted by atomic mass is 10.1. The van der Waals surface area contributed by atoms with Gasteiger partial charge in [0.15, 0.2) is 0 Å². The molecule has 0 saturated carbocycles. The van der Waals surface area contributed by atoms with Crippen LogP contribution in [0.1, 0.15) is 18.0 Å². The fourth-order valence-corrected chi connectivity index (χ4v) is 4.23. The number of halogens is 1. The zero-order valence-electron chi connectivity index (χ0n) is 15.2. The molecule has 5 nitrogen and oxygen atoms in total. The molecular weight excluding hydrogens is 382 g/mol. The van der Waals surface area contributed by atoms with Crippen LogP contribution in [-0.2, 0) is 9.59 Å². The van der Waals surface area contributed by atoms with Crippen molar-refractivity contribution < 1.29 is 9.59 Å². The smallest absolute Gasteiger partial charge is 0.238 e. The molecule has 1 aliphatic heterocycles. The average molecular weight is 404 g/mol. The predicted octanol–water partition coefficient (Wildman–Crippen LogP) is 3.56. The van der Waals surface area contributed by atoms with Crippen LogP contribution < -0.4 is 10.6 Å². The molecule has 3 rings (SSSR count). The van der Waals surface area contributed by atoms with Gasteiger partial charge in [-0.05, 0) is 37.9 Å². The van der Waals surface area contributed by atoms with Gasteiger partial charge in [0.05, 0.1) is 17.0 Å². The van der Waals surface area contributed by atoms with Gasteiger partial charge in [-0.25, -0.2) is 0 Å². The van der Waals surface area contributed by atoms with Crippen LogP contribution in [0.25, 0.3) is 0 Å². The summed E-state index contributed by atoms with van der Waals surface area (Å²) in [6.07, 6.45) is 0.120. The molecule has 1 aliphatic rings. The van der Waals surface area contributed by atoms with E-state index in [-0.39, 0.29) is 24.3 Å². The Kier molecular flexibility index (Phi) is 6.42. The third kappa shape index (κ3) is 5.25. The number of benzene rings is 2. The number of hydrogen-bond acceptors (Lipinski definition) is 4. The van der Waals surface area contributed by atoms with E-state index in [0.717, 1.165) is 10.5 Å². The summed E-state index contributed by atoms with van der Waals surface area (Å²) >= 11 is 7.37. The van der Waals surface area contributed by atoms with Gasteiger partial charge in [-0.2, -0.15) is 0 Å². The molecule has 27 heavy (non-hydrogen) atoms. The number of thioether (sulfide) groups is 1. The van der Waals surface area contributed by atoms with Crippen molar-refractivity contribution in [3.63, 3.8) is 0 Å². The Morgan fingerprint density at radius 1 is 1.26 bits per heavy atom. The van der Waals surface area contributed by atoms with Crippen molar-refractivity contribution in [2.45, 2.75) is 22.6 Å². The van der Waals surface area contributed by atoms with Gasteiger partial charge in [0.25, 0.3) is 0 Å². The summed E-state index contributed by atoms with van der Waals surface area (Å²) in [5.41, 5.74) is 1.74. The van der Waals surface area contributed by atoms with E-state index in [0.29, 0.717) is 17.3 Å². The first-order valence-electron chi connectivity index (χ1n) is 8.68. The van der Waals surface area contributed by atoms with Gasteiger partial charge in [0.1, 0.15) is 0 Å². The molecule has 0 aromatic heterocycles. The first-order valence-corrected chi connectivity index (χ1v) is 9.94. The summed E-state index contributed by atoms with van der Waals surface area (Å²) in [4.78, 5) is 28.0. The minimum Gasteiger partial charge on any atom is -0.348 e. The highest BCUT2D eigenvalue weighted by molar-refractivity contribution is 8.01. The normalized spacial score (nSPS) is 17.2. The second-order valence-electron chi connectivity index (χ2n) is 6.73. The van der Waals surface area contributed by atoms with E-state index in [1.807, 2.05) is 55.4 Å². The summed E-state index contributed by atoms with van der Waals surface area (Å²) < 4.78 is 0. The Bertz CT molecular complexity index is 829. The Balaban J connectivity index is 1.67. The molecule has 1 heterocycles. The predicted molar refractivity (Wildman–Crippen MR) is 110 cm³/mol. The van der Waals surface area contributed by atoms with E-state index in [1.165, 1.54) is 11.8 Å². The summed E-state index contributed by atoms with van der Waals surface area (Å²) in [6.45, 7) is 0.682. The first kappa shape index (κ1) is 19.7. The highest BCUT2D eigenvalue weighted by Gasteiger charge is 2.30. The Morgan fingerprint density at radius 2 is 2.00 bits per heavy atom. The van der Waals surface area contributed by atoms with Crippen LogP contribution in [0, 0.1) is 0 Å². The average Bonchev–Trinajstić information content (AvgIpc) is 2.62. The van der Waals surface area contributed by atoms with Crippen LogP contribution >= 0.6 is 23.4 Å². The van der Waals surface area contributed by atoms with Gasteiger partial charge >= 0.3 is 0 Å². The van der Waals surface area contributed by atoms with Crippen molar-refractivity contribution in [2.24, 2.45) is 0 Å². The van der Waals surface area contributed by atoms with Crippen LogP contribution in [0.5, 0.6) is 0 Å². The van der Waals surface area contributed by atoms with E-state index in [4.69, 9.17) is 11.6 Å². The monoisotopic (exact) mass is 403 g/mol. The molecule has 2 aromatic carbocycles. The number of carbonyl (C=O) groups excluding carboxylic acids is 2. The number of fused-ring (bicyclic) bond motifs is 1. The molecule has 2 atom stereocenters. The number of likely N-dealkylation sites (N-methyl/N-ethyl adjacent to an activating group) is 1. The standard InChI is InChI=1S/C20H22ClN3O2S/c1-24(2)12-16(13-6-4-3-5-7-13)22-19(25)11-18-20(26)23-15-10-14(21)8-9-17(15)27-18/h3-10,16,18H,11-12H2,1-2H3,(H,22,25)(H,23,26). The quantitative estimate of drug-likeness (QED) is 0.774. The maximum absolute atomic E-state index is 12.6. The fourth-order valence-electron chi connectivity index (χ4n) is 2.96. The van der Waals surface area contributed by atoms with Gasteiger partial charge in [-0.1, -0.05) is 41.9 Å². The number of rotatable bonds is 6. The number of nitrogens with zero attached hydrogens (tertiary/aromatic N) is 1. The maximum atomic E-state index is 12.6. The van der Waals surface area contributed by atoms with Crippen LogP contribution in [0.3, 0.4) is 0 Å². The van der Waals surface area contributed by atoms with Crippen molar-refractivity contribution in [3.05, 3.63) is 59.1 Å². The minimum absolute atomic E-state index is 0.120. The third-order valence-electron chi connectivity index (χ3n) is 4.22. The lowest BCUT2D eigenvalue weighted by molar-refractivity contribution is -0.124. The molecule has 142 valence electrons. The third-order valence-corrected chi connectivity index (χ3v) is 5.73.